The Morgan fingerprint density at radius 2 is 1.90 bits per heavy atom. The predicted molar refractivity (Wildman–Crippen MR) is 60.7 cm³/mol. The molecule has 2 heteroatoms. The van der Waals surface area contributed by atoms with Crippen LogP contribution in [0.5, 0.6) is 0 Å². The van der Waals surface area contributed by atoms with Crippen LogP contribution in [-0.4, -0.2) is 27.5 Å². The van der Waals surface area contributed by atoms with Crippen molar-refractivity contribution >= 4 is 45.6 Å². The van der Waals surface area contributed by atoms with Gasteiger partial charge in [0.2, 0.25) is 0 Å². The molecule has 0 spiro atoms. The standard InChI is InChI=1S/C8H17I.Mg.2H/c1-3-5-6-8(4-2)7-9;;;/h8H,3-7H2,1-2H3;;;. The van der Waals surface area contributed by atoms with Gasteiger partial charge in [-0.05, 0) is 12.3 Å². The fourth-order valence-electron chi connectivity index (χ4n) is 0.883. The van der Waals surface area contributed by atoms with Gasteiger partial charge in [-0.1, -0.05) is 55.7 Å². The molecule has 60 valence electrons. The van der Waals surface area contributed by atoms with Crippen molar-refractivity contribution in [3.05, 3.63) is 0 Å². The third-order valence-corrected chi connectivity index (χ3v) is 3.01. The smallest absolute Gasteiger partial charge is 0.0861 e. The van der Waals surface area contributed by atoms with Gasteiger partial charge >= 0.3 is 23.1 Å². The molecule has 0 aliphatic carbocycles. The van der Waals surface area contributed by atoms with Gasteiger partial charge in [-0.3, -0.25) is 0 Å². The van der Waals surface area contributed by atoms with E-state index < -0.39 is 0 Å². The average Bonchev–Trinajstić information content (AvgIpc) is 1.91. The van der Waals surface area contributed by atoms with Gasteiger partial charge < -0.3 is 0 Å². The Morgan fingerprint density at radius 3 is 2.20 bits per heavy atom. The van der Waals surface area contributed by atoms with Gasteiger partial charge in [-0.15, -0.1) is 0 Å². The SMILES string of the molecule is CCCCC(CC)CI.[MgH2]. The van der Waals surface area contributed by atoms with Crippen molar-refractivity contribution in [2.24, 2.45) is 5.92 Å². The zero-order valence-electron chi connectivity index (χ0n) is 6.49. The summed E-state index contributed by atoms with van der Waals surface area (Å²) in [7, 11) is 0. The topological polar surface area (TPSA) is 0 Å². The number of unbranched alkanes of at least 4 members (excludes halogenated alkanes) is 1. The first-order valence-electron chi connectivity index (χ1n) is 3.91. The number of halogens is 1. The van der Waals surface area contributed by atoms with E-state index in [1.807, 2.05) is 0 Å². The lowest BCUT2D eigenvalue weighted by atomic mass is 10.0. The summed E-state index contributed by atoms with van der Waals surface area (Å²) in [5.74, 6) is 0.991. The van der Waals surface area contributed by atoms with Gasteiger partial charge in [-0.25, -0.2) is 0 Å². The lowest BCUT2D eigenvalue weighted by Crippen LogP contribution is -1.98. The second-order valence-corrected chi connectivity index (χ2v) is 3.45. The van der Waals surface area contributed by atoms with E-state index >= 15 is 0 Å². The van der Waals surface area contributed by atoms with Crippen molar-refractivity contribution in [1.29, 1.82) is 0 Å². The summed E-state index contributed by atoms with van der Waals surface area (Å²) < 4.78 is 1.34. The van der Waals surface area contributed by atoms with Gasteiger partial charge in [0.25, 0.3) is 0 Å². The molecule has 1 atom stereocenters. The van der Waals surface area contributed by atoms with E-state index in [1.165, 1.54) is 30.1 Å². The van der Waals surface area contributed by atoms with Crippen molar-refractivity contribution in [1.82, 2.24) is 0 Å². The van der Waals surface area contributed by atoms with Crippen molar-refractivity contribution in [2.45, 2.75) is 39.5 Å². The molecule has 0 radical (unpaired) electrons. The molecule has 1 unspecified atom stereocenters. The molecule has 0 rings (SSSR count). The Kier molecular flexibility index (Phi) is 14.7. The van der Waals surface area contributed by atoms with Gasteiger partial charge in [0, 0.05) is 4.43 Å². The zero-order valence-corrected chi connectivity index (χ0v) is 8.65. The molecule has 0 bridgehead atoms. The maximum atomic E-state index is 2.49. The molecule has 0 saturated heterocycles. The van der Waals surface area contributed by atoms with E-state index in [0.717, 1.165) is 5.92 Å². The molecule has 0 aliphatic heterocycles. The highest BCUT2D eigenvalue weighted by atomic mass is 127. The monoisotopic (exact) mass is 266 g/mol. The van der Waals surface area contributed by atoms with Gasteiger partial charge in [0.05, 0.1) is 0 Å². The van der Waals surface area contributed by atoms with Crippen LogP contribution < -0.4 is 0 Å². The molecule has 0 aromatic rings. The molecule has 0 aromatic carbocycles. The minimum Gasteiger partial charge on any atom is -0.0861 e. The van der Waals surface area contributed by atoms with Crippen LogP contribution in [0.3, 0.4) is 0 Å². The fraction of sp³-hybridized carbons (Fsp3) is 1.00. The van der Waals surface area contributed by atoms with Crippen LogP contribution in [0.2, 0.25) is 0 Å². The zero-order chi connectivity index (χ0) is 7.11. The highest BCUT2D eigenvalue weighted by molar-refractivity contribution is 14.1. The van der Waals surface area contributed by atoms with Crippen LogP contribution in [-0.2, 0) is 0 Å². The number of rotatable bonds is 5. The Labute approximate surface area is 94.8 Å². The summed E-state index contributed by atoms with van der Waals surface area (Å²) in [5, 5.41) is 0. The lowest BCUT2D eigenvalue weighted by molar-refractivity contribution is 0.505. The maximum absolute atomic E-state index is 2.49. The highest BCUT2D eigenvalue weighted by Crippen LogP contribution is 2.14. The predicted octanol–water partition coefficient (Wildman–Crippen LogP) is 2.72. The van der Waals surface area contributed by atoms with Crippen LogP contribution in [0.25, 0.3) is 0 Å². The van der Waals surface area contributed by atoms with E-state index in [2.05, 4.69) is 36.4 Å². The Morgan fingerprint density at radius 1 is 1.30 bits per heavy atom. The van der Waals surface area contributed by atoms with Crippen LogP contribution in [0.4, 0.5) is 0 Å². The van der Waals surface area contributed by atoms with Crippen molar-refractivity contribution < 1.29 is 0 Å². The quantitative estimate of drug-likeness (QED) is 0.408. The van der Waals surface area contributed by atoms with Crippen LogP contribution in [0.15, 0.2) is 0 Å². The first kappa shape index (κ1) is 14.0. The molecule has 0 aliphatic rings. The summed E-state index contributed by atoms with van der Waals surface area (Å²) in [5.41, 5.74) is 0. The van der Waals surface area contributed by atoms with Crippen LogP contribution >= 0.6 is 22.6 Å². The molecule has 0 heterocycles. The summed E-state index contributed by atoms with van der Waals surface area (Å²) in [6.07, 6.45) is 5.58. The number of alkyl halides is 1. The molecule has 10 heavy (non-hydrogen) atoms. The Bertz CT molecular complexity index is 53.2. The summed E-state index contributed by atoms with van der Waals surface area (Å²) in [4.78, 5) is 0. The summed E-state index contributed by atoms with van der Waals surface area (Å²) in [6, 6.07) is 0. The largest absolute Gasteiger partial charge is 0.316 e. The molecular formula is C8H19IMg. The van der Waals surface area contributed by atoms with E-state index in [1.54, 1.807) is 0 Å². The second-order valence-electron chi connectivity index (χ2n) is 2.57. The molecule has 0 nitrogen and oxygen atoms in total. The number of hydrogen-bond donors (Lipinski definition) is 0. The first-order valence-corrected chi connectivity index (χ1v) is 5.43. The van der Waals surface area contributed by atoms with Gasteiger partial charge in [-0.2, -0.15) is 0 Å². The molecule has 0 fully saturated rings. The molecule has 0 aromatic heterocycles. The summed E-state index contributed by atoms with van der Waals surface area (Å²) >= 11 is 2.49. The van der Waals surface area contributed by atoms with Gasteiger partial charge in [0.15, 0.2) is 0 Å². The summed E-state index contributed by atoms with van der Waals surface area (Å²) in [6.45, 7) is 4.55. The average molecular weight is 266 g/mol. The molecular weight excluding hydrogens is 247 g/mol. The molecule has 0 saturated carbocycles. The van der Waals surface area contributed by atoms with E-state index in [-0.39, 0.29) is 23.1 Å². The maximum Gasteiger partial charge on any atom is 0.316 e. The minimum atomic E-state index is 0. The van der Waals surface area contributed by atoms with Crippen molar-refractivity contribution in [3.8, 4) is 0 Å². The van der Waals surface area contributed by atoms with Crippen molar-refractivity contribution in [2.75, 3.05) is 4.43 Å². The normalized spacial score (nSPS) is 12.3. The third kappa shape index (κ3) is 7.60. The highest BCUT2D eigenvalue weighted by Gasteiger charge is 2.01. The van der Waals surface area contributed by atoms with Crippen LogP contribution in [0.1, 0.15) is 39.5 Å². The first-order chi connectivity index (χ1) is 4.35. The van der Waals surface area contributed by atoms with Crippen molar-refractivity contribution in [3.63, 3.8) is 0 Å². The van der Waals surface area contributed by atoms with E-state index in [9.17, 15) is 0 Å². The molecule has 0 N–H and O–H groups in total. The number of hydrogen-bond acceptors (Lipinski definition) is 0. The minimum absolute atomic E-state index is 0. The Balaban J connectivity index is 0. The lowest BCUT2D eigenvalue weighted by Gasteiger charge is -2.08. The molecule has 0 amide bonds. The second kappa shape index (κ2) is 10.5. The third-order valence-electron chi connectivity index (χ3n) is 1.76. The van der Waals surface area contributed by atoms with E-state index in [0.29, 0.717) is 0 Å². The van der Waals surface area contributed by atoms with Crippen LogP contribution in [0, 0.1) is 5.92 Å². The van der Waals surface area contributed by atoms with Gasteiger partial charge in [0.1, 0.15) is 0 Å². The fourth-order valence-corrected chi connectivity index (χ4v) is 1.95. The Hall–Kier alpha value is 1.50. The van der Waals surface area contributed by atoms with E-state index in [4.69, 9.17) is 0 Å².